The van der Waals surface area contributed by atoms with Gasteiger partial charge in [-0.1, -0.05) is 39.5 Å². The molecule has 0 atom stereocenters. The Morgan fingerprint density at radius 3 is 0.667 bits per heavy atom. The zero-order valence-electron chi connectivity index (χ0n) is 10.3. The van der Waals surface area contributed by atoms with Crippen LogP contribution < -0.4 is 0 Å². The molecule has 0 unspecified atom stereocenters. The van der Waals surface area contributed by atoms with Crippen molar-refractivity contribution >= 4 is 25.3 Å². The smallest absolute Gasteiger partial charge is 0 e. The van der Waals surface area contributed by atoms with E-state index in [4.69, 9.17) is 0 Å². The first kappa shape index (κ1) is 42.9. The molecular formula is C8H18S2Y5-2. The van der Waals surface area contributed by atoms with E-state index in [1.165, 1.54) is 0 Å². The van der Waals surface area contributed by atoms with Gasteiger partial charge in [-0.15, -0.1) is 0 Å². The van der Waals surface area contributed by atoms with Crippen LogP contribution in [0.15, 0.2) is 0 Å². The summed E-state index contributed by atoms with van der Waals surface area (Å²) in [5.74, 6) is 3.18. The van der Waals surface area contributed by atoms with Crippen LogP contribution in [0.25, 0.3) is 0 Å². The first-order valence-electron chi connectivity index (χ1n) is 3.70. The van der Waals surface area contributed by atoms with Crippen molar-refractivity contribution in [2.45, 2.75) is 27.7 Å². The summed E-state index contributed by atoms with van der Waals surface area (Å²) in [6, 6.07) is 0. The van der Waals surface area contributed by atoms with Crippen LogP contribution in [0.2, 0.25) is 0 Å². The Hall–Kier alpha value is 6.22. The summed E-state index contributed by atoms with van der Waals surface area (Å²) in [5, 5.41) is 0. The zero-order valence-corrected chi connectivity index (χ0v) is 26.1. The van der Waals surface area contributed by atoms with Gasteiger partial charge in [0, 0.05) is 164 Å². The number of hydrogen-bond donors (Lipinski definition) is 0. The van der Waals surface area contributed by atoms with E-state index in [1.54, 1.807) is 0 Å². The molecule has 0 saturated carbocycles. The minimum atomic E-state index is 0. The van der Waals surface area contributed by atoms with Gasteiger partial charge in [0.25, 0.3) is 0 Å². The van der Waals surface area contributed by atoms with Crippen LogP contribution in [-0.2, 0) is 189 Å². The van der Waals surface area contributed by atoms with Crippen LogP contribution in [0.1, 0.15) is 27.7 Å². The van der Waals surface area contributed by atoms with Crippen LogP contribution in [0.3, 0.4) is 0 Å². The molecule has 0 fully saturated rings. The first-order chi connectivity index (χ1) is 4.54. The molecule has 0 spiro atoms. The molecule has 5 radical (unpaired) electrons. The Bertz CT molecular complexity index is 57.0. The monoisotopic (exact) mass is 623 g/mol. The van der Waals surface area contributed by atoms with E-state index in [2.05, 4.69) is 53.0 Å². The van der Waals surface area contributed by atoms with Crippen LogP contribution in [-0.4, -0.2) is 11.5 Å². The van der Waals surface area contributed by atoms with Crippen molar-refractivity contribution in [1.29, 1.82) is 0 Å². The number of rotatable bonds is 2. The van der Waals surface area contributed by atoms with E-state index in [9.17, 15) is 0 Å². The van der Waals surface area contributed by atoms with Gasteiger partial charge in [0.2, 0.25) is 0 Å². The van der Waals surface area contributed by atoms with Gasteiger partial charge in [-0.3, -0.25) is 0 Å². The van der Waals surface area contributed by atoms with Crippen molar-refractivity contribution in [3.63, 3.8) is 0 Å². The normalized spacial score (nSPS) is 6.40. The average molecular weight is 623 g/mol. The van der Waals surface area contributed by atoms with E-state index in [0.29, 0.717) is 11.8 Å². The second-order valence-corrected chi connectivity index (χ2v) is 3.79. The van der Waals surface area contributed by atoms with Crippen molar-refractivity contribution in [2.75, 3.05) is 11.5 Å². The molecule has 0 aromatic heterocycles. The molecule has 0 aromatic carbocycles. The van der Waals surface area contributed by atoms with Crippen LogP contribution in [0.4, 0.5) is 0 Å². The molecule has 15 heavy (non-hydrogen) atoms. The van der Waals surface area contributed by atoms with E-state index in [1.807, 2.05) is 0 Å². The van der Waals surface area contributed by atoms with Crippen molar-refractivity contribution in [1.82, 2.24) is 0 Å². The first-order valence-corrected chi connectivity index (χ1v) is 4.86. The van der Waals surface area contributed by atoms with Gasteiger partial charge in [-0.25, -0.2) is 0 Å². The van der Waals surface area contributed by atoms with Gasteiger partial charge in [-0.2, -0.15) is 11.5 Å². The second-order valence-electron chi connectivity index (χ2n) is 3.12. The van der Waals surface area contributed by atoms with Crippen molar-refractivity contribution in [3.8, 4) is 0 Å². The Labute approximate surface area is 234 Å². The Kier molecular flexibility index (Phi) is 106. The van der Waals surface area contributed by atoms with Gasteiger partial charge in [0.15, 0.2) is 0 Å². The molecular weight excluding hydrogens is 605 g/mol. The van der Waals surface area contributed by atoms with Crippen LogP contribution >= 0.6 is 0 Å². The molecule has 0 nitrogen and oxygen atoms in total. The third-order valence-corrected chi connectivity index (χ3v) is 2.00. The topological polar surface area (TPSA) is 0 Å². The fourth-order valence-electron chi connectivity index (χ4n) is 0. The molecule has 0 aliphatic rings. The molecule has 0 amide bonds. The largest absolute Gasteiger partial charge is 0.792 e. The van der Waals surface area contributed by atoms with Crippen molar-refractivity contribution < 1.29 is 164 Å². The Balaban J connectivity index is -0.0000000128. The molecule has 0 aliphatic carbocycles. The summed E-state index contributed by atoms with van der Waals surface area (Å²) in [6.07, 6.45) is 0. The van der Waals surface area contributed by atoms with Crippen LogP contribution in [0.5, 0.6) is 0 Å². The van der Waals surface area contributed by atoms with Gasteiger partial charge in [0.05, 0.1) is 0 Å². The van der Waals surface area contributed by atoms with E-state index >= 15 is 0 Å². The predicted octanol–water partition coefficient (Wildman–Crippen LogP) is 2.37. The molecule has 0 aliphatic heterocycles. The second kappa shape index (κ2) is 36.9. The molecule has 0 heterocycles. The third-order valence-electron chi connectivity index (χ3n) is 0.667. The number of hydrogen-bond acceptors (Lipinski definition) is 2. The Morgan fingerprint density at radius 2 is 0.667 bits per heavy atom. The molecule has 0 N–H and O–H groups in total. The summed E-state index contributed by atoms with van der Waals surface area (Å²) >= 11 is 9.35. The zero-order chi connectivity index (χ0) is 8.57. The summed E-state index contributed by atoms with van der Waals surface area (Å²) in [4.78, 5) is 0. The summed E-state index contributed by atoms with van der Waals surface area (Å²) in [6.45, 7) is 8.47. The van der Waals surface area contributed by atoms with E-state index in [-0.39, 0.29) is 164 Å². The molecule has 0 saturated heterocycles. The van der Waals surface area contributed by atoms with Crippen molar-refractivity contribution in [3.05, 3.63) is 0 Å². The van der Waals surface area contributed by atoms with Gasteiger partial charge < -0.3 is 25.3 Å². The van der Waals surface area contributed by atoms with Crippen molar-refractivity contribution in [2.24, 2.45) is 11.8 Å². The maximum atomic E-state index is 4.68. The fraction of sp³-hybridized carbons (Fsp3) is 1.00. The van der Waals surface area contributed by atoms with Gasteiger partial charge >= 0.3 is 0 Å². The molecule has 0 aromatic rings. The SMILES string of the molecule is CC(C)C[S-].CC(C)C[S-].[Y].[Y].[Y].[Y].[Y]. The molecule has 7 heteroatoms. The minimum Gasteiger partial charge on any atom is -0.792 e. The molecule has 79 valence electrons. The van der Waals surface area contributed by atoms with E-state index < -0.39 is 0 Å². The fourth-order valence-corrected chi connectivity index (χ4v) is 0. The summed E-state index contributed by atoms with van der Waals surface area (Å²) < 4.78 is 0. The maximum absolute atomic E-state index is 4.68. The maximum Gasteiger partial charge on any atom is 0 e. The molecule has 0 rings (SSSR count). The van der Waals surface area contributed by atoms with E-state index in [0.717, 1.165) is 11.5 Å². The van der Waals surface area contributed by atoms with Gasteiger partial charge in [-0.05, 0) is 0 Å². The minimum absolute atomic E-state index is 0. The third kappa shape index (κ3) is 64.3. The molecule has 0 bridgehead atoms. The predicted molar refractivity (Wildman–Crippen MR) is 54.1 cm³/mol. The Morgan fingerprint density at radius 1 is 0.600 bits per heavy atom. The quantitative estimate of drug-likeness (QED) is 0.434. The summed E-state index contributed by atoms with van der Waals surface area (Å²) in [5.41, 5.74) is 0. The van der Waals surface area contributed by atoms with Crippen LogP contribution in [0, 0.1) is 11.8 Å². The standard InChI is InChI=1S/2C4H10S.5Y/c2*1-4(2)3-5;;;;;/h2*4-5H,3H2,1-2H3;;;;;/p-2. The van der Waals surface area contributed by atoms with Gasteiger partial charge in [0.1, 0.15) is 0 Å². The average Bonchev–Trinajstić information content (AvgIpc) is 1.89. The summed E-state index contributed by atoms with van der Waals surface area (Å²) in [7, 11) is 0.